The van der Waals surface area contributed by atoms with Crippen molar-refractivity contribution in [2.45, 2.75) is 58.3 Å². The van der Waals surface area contributed by atoms with Gasteiger partial charge in [-0.2, -0.15) is 10.5 Å². The quantitative estimate of drug-likeness (QED) is 0.0499. The molecule has 12 rings (SSSR count). The van der Waals surface area contributed by atoms with E-state index in [9.17, 15) is 33.7 Å². The highest BCUT2D eigenvalue weighted by Gasteiger charge is 2.20. The van der Waals surface area contributed by atoms with E-state index in [4.69, 9.17) is 26.2 Å². The lowest BCUT2D eigenvalue weighted by Crippen LogP contribution is -2.24. The zero-order chi connectivity index (χ0) is 75.6. The van der Waals surface area contributed by atoms with Gasteiger partial charge in [-0.3, -0.25) is 22.6 Å². The van der Waals surface area contributed by atoms with Crippen LogP contribution in [0.5, 0.6) is 0 Å². The summed E-state index contributed by atoms with van der Waals surface area (Å²) in [7, 11) is 0.998. The number of sulfonamides is 4. The number of nitriles is 2. The summed E-state index contributed by atoms with van der Waals surface area (Å²) >= 11 is 0. The van der Waals surface area contributed by atoms with Gasteiger partial charge in [0.1, 0.15) is 29.1 Å². The van der Waals surface area contributed by atoms with Gasteiger partial charge in [-0.15, -0.1) is 0 Å². The van der Waals surface area contributed by atoms with Gasteiger partial charge in [-0.05, 0) is 152 Å². The van der Waals surface area contributed by atoms with Crippen LogP contribution in [-0.2, 0) is 120 Å². The molecular formula is C76H86N16O8S4. The van der Waals surface area contributed by atoms with Crippen LogP contribution >= 0.6 is 0 Å². The predicted octanol–water partition coefficient (Wildman–Crippen LogP) is 10.4. The molecule has 0 fully saturated rings. The van der Waals surface area contributed by atoms with Crippen molar-refractivity contribution in [1.82, 2.24) is 38.2 Å². The first-order valence-electron chi connectivity index (χ1n) is 33.1. The van der Waals surface area contributed by atoms with Crippen LogP contribution in [-0.4, -0.2) is 131 Å². The number of fused-ring (bicyclic) bond motifs is 4. The first-order chi connectivity index (χ1) is 49.1. The second-order valence-corrected chi connectivity index (χ2v) is 33.3. The van der Waals surface area contributed by atoms with E-state index in [1.807, 2.05) is 140 Å². The van der Waals surface area contributed by atoms with Crippen LogP contribution in [0, 0.1) is 29.6 Å². The van der Waals surface area contributed by atoms with Crippen LogP contribution in [0.4, 0.5) is 22.7 Å². The first-order valence-corrected chi connectivity index (χ1v) is 40.5. The average molecular weight is 1480 g/mol. The summed E-state index contributed by atoms with van der Waals surface area (Å²) in [6, 6.07) is 57.8. The number of hydrogen-bond donors (Lipinski definition) is 2. The molecule has 0 saturated carbocycles. The Hall–Kier alpha value is -10.9. The summed E-state index contributed by atoms with van der Waals surface area (Å²) in [4.78, 5) is 22.7. The number of nitrogens with one attached hydrogen (secondary N) is 1. The molecule has 3 N–H and O–H groups in total. The molecule has 0 bridgehead atoms. The van der Waals surface area contributed by atoms with Crippen molar-refractivity contribution in [1.29, 1.82) is 10.5 Å². The van der Waals surface area contributed by atoms with Crippen molar-refractivity contribution in [3.8, 4) is 12.1 Å². The fraction of sp³-hybridized carbons (Fsp3) is 0.276. The normalized spacial score (nSPS) is 11.8. The van der Waals surface area contributed by atoms with Crippen LogP contribution in [0.2, 0.25) is 0 Å². The Balaban J connectivity index is 0.000000161. The maximum absolute atomic E-state index is 11.8. The molecule has 0 atom stereocenters. The Labute approximate surface area is 609 Å². The minimum Gasteiger partial charge on any atom is -0.384 e. The number of benzene rings is 8. The van der Waals surface area contributed by atoms with Crippen LogP contribution < -0.4 is 23.4 Å². The van der Waals surface area contributed by atoms with E-state index in [2.05, 4.69) is 84.3 Å². The Morgan fingerprint density at radius 1 is 0.423 bits per heavy atom. The van der Waals surface area contributed by atoms with Gasteiger partial charge in [-0.1, -0.05) is 78.4 Å². The molecule has 28 heteroatoms. The van der Waals surface area contributed by atoms with Gasteiger partial charge in [0.2, 0.25) is 40.1 Å². The van der Waals surface area contributed by atoms with Gasteiger partial charge in [0.15, 0.2) is 0 Å². The Kier molecular flexibility index (Phi) is 24.2. The highest BCUT2D eigenvalue weighted by Crippen LogP contribution is 2.28. The van der Waals surface area contributed by atoms with Crippen LogP contribution in [0.15, 0.2) is 175 Å². The summed E-state index contributed by atoms with van der Waals surface area (Å²) < 4.78 is 108. The third kappa shape index (κ3) is 19.6. The van der Waals surface area contributed by atoms with Crippen molar-refractivity contribution in [3.63, 3.8) is 0 Å². The molecule has 24 nitrogen and oxygen atoms in total. The summed E-state index contributed by atoms with van der Waals surface area (Å²) in [5, 5.41) is 17.7. The number of imidazole rings is 4. The molecule has 0 aliphatic rings. The van der Waals surface area contributed by atoms with Gasteiger partial charge in [0, 0.05) is 87.6 Å². The third-order valence-electron chi connectivity index (χ3n) is 18.1. The Morgan fingerprint density at radius 3 is 0.981 bits per heavy atom. The molecule has 0 unspecified atom stereocenters. The highest BCUT2D eigenvalue weighted by molar-refractivity contribution is 7.92. The zero-order valence-electron chi connectivity index (χ0n) is 60.6. The lowest BCUT2D eigenvalue weighted by molar-refractivity contribution is 0.598. The molecule has 0 spiro atoms. The number of rotatable bonds is 21. The van der Waals surface area contributed by atoms with Gasteiger partial charge in [-0.25, -0.2) is 53.6 Å². The van der Waals surface area contributed by atoms with E-state index in [1.165, 1.54) is 55.4 Å². The topological polar surface area (TPSA) is 316 Å². The third-order valence-corrected chi connectivity index (χ3v) is 22.3. The van der Waals surface area contributed by atoms with Crippen molar-refractivity contribution >= 4 is 113 Å². The van der Waals surface area contributed by atoms with Crippen molar-refractivity contribution in [2.75, 3.05) is 70.9 Å². The highest BCUT2D eigenvalue weighted by atomic mass is 32.2. The summed E-state index contributed by atoms with van der Waals surface area (Å²) in [6.07, 6.45) is 11.2. The molecule has 0 amide bonds. The molecule has 0 saturated heterocycles. The molecule has 104 heavy (non-hydrogen) atoms. The molecule has 4 aromatic heterocycles. The second-order valence-electron chi connectivity index (χ2n) is 25.5. The van der Waals surface area contributed by atoms with E-state index < -0.39 is 40.1 Å². The van der Waals surface area contributed by atoms with Gasteiger partial charge >= 0.3 is 0 Å². The Bertz CT molecular complexity index is 5700. The monoisotopic (exact) mass is 1480 g/mol. The average Bonchev–Trinajstić information content (AvgIpc) is 1.65. The maximum atomic E-state index is 11.8. The largest absolute Gasteiger partial charge is 0.384 e. The lowest BCUT2D eigenvalue weighted by atomic mass is 10.1. The number of amidine groups is 1. The fourth-order valence-corrected chi connectivity index (χ4v) is 13.6. The number of hydrogen-bond acceptors (Lipinski definition) is 15. The molecular weight excluding hydrogens is 1390 g/mol. The van der Waals surface area contributed by atoms with E-state index in [-0.39, 0.29) is 0 Å². The van der Waals surface area contributed by atoms with Crippen LogP contribution in [0.1, 0.15) is 67.8 Å². The SMILES string of the molecule is CN(c1ccc2c(c1)nc(CCc1ccc(C#N)cc1)n2C)S(C)(=O)=O.CN=C(N)c1ccc(CCc2nc3cc(N(C)S(C)(=O)=O)ccc3n2C)cc1.Cc1ccc(CCc2nc3cc(N(C)S(C)(=O)=O)ccc3n2C)cc1.Cn1c(CCc2ccc(C#N)cc2)nc2cc(NS(C)(=O)=O)ccc21. The number of aliphatic imine (C=N–C) groups is 1. The van der Waals surface area contributed by atoms with Crippen LogP contribution in [0.3, 0.4) is 0 Å². The first kappa shape index (κ1) is 77.3. The van der Waals surface area contributed by atoms with Gasteiger partial charge in [0.25, 0.3) is 0 Å². The van der Waals surface area contributed by atoms with E-state index in [0.29, 0.717) is 39.7 Å². The molecule has 0 aliphatic heterocycles. The van der Waals surface area contributed by atoms with Gasteiger partial charge < -0.3 is 24.0 Å². The molecule has 542 valence electrons. The van der Waals surface area contributed by atoms with Crippen molar-refractivity contribution in [2.24, 2.45) is 38.9 Å². The van der Waals surface area contributed by atoms with E-state index >= 15 is 0 Å². The van der Waals surface area contributed by atoms with Crippen molar-refractivity contribution in [3.05, 3.63) is 238 Å². The predicted molar refractivity (Wildman–Crippen MR) is 417 cm³/mol. The lowest BCUT2D eigenvalue weighted by Gasteiger charge is -2.16. The van der Waals surface area contributed by atoms with Crippen molar-refractivity contribution < 1.29 is 33.7 Å². The zero-order valence-corrected chi connectivity index (χ0v) is 63.8. The summed E-state index contributed by atoms with van der Waals surface area (Å²) in [5.74, 6) is 4.33. The smallest absolute Gasteiger partial charge is 0.231 e. The summed E-state index contributed by atoms with van der Waals surface area (Å²) in [6.45, 7) is 2.08. The summed E-state index contributed by atoms with van der Waals surface area (Å²) in [5.41, 5.74) is 23.4. The van der Waals surface area contributed by atoms with Crippen LogP contribution in [0.25, 0.3) is 44.1 Å². The minimum absolute atomic E-state index is 0.506. The van der Waals surface area contributed by atoms with E-state index in [1.54, 1.807) is 51.5 Å². The van der Waals surface area contributed by atoms with Gasteiger partial charge in [0.05, 0.1) is 115 Å². The number of nitrogens with zero attached hydrogens (tertiary/aromatic N) is 14. The standard InChI is InChI=1S/C20H25N5O2S.C19H20N4O2S.C19H23N3O2S.C18H18N4O2S/c1-22-20(21)15-8-5-14(6-9-15)7-12-19-23-17-13-16(25(3)28(4,26)27)10-11-18(17)24(19)2;1-22-18-10-9-16(23(2)26(3,24)25)12-17(18)21-19(22)11-8-14-4-6-15(13-20)7-5-14;1-14-5-7-15(8-6-14)9-12-19-20-17-13-16(22(3)25(4,23)24)10-11-18(17)21(19)2;1-22-17-9-8-15(21-25(2,23)24)11-16(17)20-18(22)10-7-13-3-5-14(12-19)6-4-13/h5-6,8-11,13H,7,12H2,1-4H3,(H2,21,22);4-7,9-10,12H,8,11H2,1-3H3;5-8,10-11,13H,9,12H2,1-4H3;3-6,8-9,11,21H,7,10H2,1-2H3. The molecule has 8 aromatic carbocycles. The fourth-order valence-electron chi connectivity index (χ4n) is 11.5. The molecule has 12 aromatic rings. The molecule has 0 aliphatic carbocycles. The Morgan fingerprint density at radius 2 is 0.702 bits per heavy atom. The number of nitrogens with two attached hydrogens (primary N) is 1. The molecule has 4 heterocycles. The number of aryl methyl sites for hydroxylation is 13. The number of anilines is 4. The van der Waals surface area contributed by atoms with E-state index in [0.717, 1.165) is 142 Å². The minimum atomic E-state index is -3.31. The molecule has 0 radical (unpaired) electrons. The number of aromatic nitrogens is 8. The second kappa shape index (κ2) is 32.6. The maximum Gasteiger partial charge on any atom is 0.231 e.